The van der Waals surface area contributed by atoms with Crippen LogP contribution in [0.2, 0.25) is 0 Å². The summed E-state index contributed by atoms with van der Waals surface area (Å²) in [5.41, 5.74) is 3.17. The van der Waals surface area contributed by atoms with Gasteiger partial charge >= 0.3 is 0 Å². The maximum Gasteiger partial charge on any atom is 0.223 e. The van der Waals surface area contributed by atoms with Gasteiger partial charge in [0.15, 0.2) is 0 Å². The van der Waals surface area contributed by atoms with Crippen molar-refractivity contribution < 1.29 is 29.6 Å². The maximum atomic E-state index is 12.0. The molecular formula is C31H36N2O6S. The van der Waals surface area contributed by atoms with Crippen LogP contribution in [0.25, 0.3) is 0 Å². The van der Waals surface area contributed by atoms with Gasteiger partial charge in [-0.15, -0.1) is 24.0 Å². The lowest BCUT2D eigenvalue weighted by molar-refractivity contribution is -0.209. The molecule has 1 heterocycles. The third kappa shape index (κ3) is 8.56. The fraction of sp³-hybridized carbons (Fsp3) is 0.419. The van der Waals surface area contributed by atoms with Crippen LogP contribution >= 0.6 is 11.2 Å². The molecule has 212 valence electrons. The van der Waals surface area contributed by atoms with Crippen molar-refractivity contribution >= 4 is 17.1 Å². The largest absolute Gasteiger partial charge is 0.493 e. The number of aliphatic hydroxyl groups is 3. The third-order valence-electron chi connectivity index (χ3n) is 6.55. The lowest BCUT2D eigenvalue weighted by atomic mass is 9.89. The molecule has 1 amide bonds. The van der Waals surface area contributed by atoms with Crippen LogP contribution in [0.1, 0.15) is 34.8 Å². The molecule has 0 aliphatic carbocycles. The molecule has 1 unspecified atom stereocenters. The SMILES string of the molecule is C#CCN(C)CCNC(=O)CCOc1ccc(Cc2cc([C@@H]3OC(C#SC)[C@@H](O)[C@H](O)[C@H]3O)ccc2C#C)cc1. The first-order valence-electron chi connectivity index (χ1n) is 13.0. The van der Waals surface area contributed by atoms with Gasteiger partial charge in [-0.05, 0) is 48.4 Å². The van der Waals surface area contributed by atoms with Gasteiger partial charge in [0.1, 0.15) is 36.3 Å². The summed E-state index contributed by atoms with van der Waals surface area (Å²) < 4.78 is 11.6. The quantitative estimate of drug-likeness (QED) is 0.307. The van der Waals surface area contributed by atoms with Crippen LogP contribution < -0.4 is 10.1 Å². The number of nitrogens with zero attached hydrogens (tertiary/aromatic N) is 1. The van der Waals surface area contributed by atoms with Crippen LogP contribution in [-0.2, 0) is 16.0 Å². The van der Waals surface area contributed by atoms with Gasteiger partial charge in [-0.1, -0.05) is 41.3 Å². The molecule has 2 aromatic carbocycles. The van der Waals surface area contributed by atoms with Gasteiger partial charge in [-0.2, -0.15) is 0 Å². The molecule has 8 nitrogen and oxygen atoms in total. The molecule has 1 saturated heterocycles. The Balaban J connectivity index is 1.59. The molecule has 0 radical (unpaired) electrons. The first kappa shape index (κ1) is 31.2. The number of nitrogens with one attached hydrogen (secondary N) is 1. The van der Waals surface area contributed by atoms with E-state index in [1.165, 1.54) is 11.2 Å². The molecule has 5 atom stereocenters. The van der Waals surface area contributed by atoms with Crippen molar-refractivity contribution in [1.82, 2.24) is 10.2 Å². The monoisotopic (exact) mass is 564 g/mol. The van der Waals surface area contributed by atoms with Crippen molar-refractivity contribution in [3.63, 3.8) is 0 Å². The van der Waals surface area contributed by atoms with Crippen LogP contribution in [0.3, 0.4) is 0 Å². The number of hydrogen-bond donors (Lipinski definition) is 4. The Hall–Kier alpha value is -3.37. The Kier molecular flexibility index (Phi) is 12.0. The van der Waals surface area contributed by atoms with E-state index < -0.39 is 30.5 Å². The van der Waals surface area contributed by atoms with Crippen LogP contribution in [-0.4, -0.2) is 90.1 Å². The second kappa shape index (κ2) is 15.4. The Morgan fingerprint density at radius 3 is 2.55 bits per heavy atom. The zero-order valence-electron chi connectivity index (χ0n) is 22.7. The van der Waals surface area contributed by atoms with Crippen molar-refractivity contribution in [2.75, 3.05) is 39.5 Å². The summed E-state index contributed by atoms with van der Waals surface area (Å²) in [6.07, 6.45) is 7.88. The zero-order valence-corrected chi connectivity index (χ0v) is 23.6. The molecule has 9 heteroatoms. The normalized spacial score (nSPS) is 22.1. The van der Waals surface area contributed by atoms with E-state index in [-0.39, 0.29) is 18.9 Å². The summed E-state index contributed by atoms with van der Waals surface area (Å²) in [6, 6.07) is 12.9. The lowest BCUT2D eigenvalue weighted by Crippen LogP contribution is -2.53. The van der Waals surface area contributed by atoms with Crippen LogP contribution in [0, 0.1) is 29.9 Å². The number of benzene rings is 2. The molecule has 1 fully saturated rings. The number of terminal acetylenes is 2. The van der Waals surface area contributed by atoms with Crippen molar-refractivity contribution in [1.29, 1.82) is 0 Å². The molecule has 1 aliphatic heterocycles. The van der Waals surface area contributed by atoms with E-state index in [2.05, 4.69) is 22.3 Å². The van der Waals surface area contributed by atoms with E-state index in [1.807, 2.05) is 42.3 Å². The summed E-state index contributed by atoms with van der Waals surface area (Å²) in [4.78, 5) is 14.0. The summed E-state index contributed by atoms with van der Waals surface area (Å²) in [5, 5.41) is 37.0. The van der Waals surface area contributed by atoms with Crippen molar-refractivity contribution in [2.45, 2.75) is 43.4 Å². The standard InChI is InChI=1S/C31H36N2O6S/c1-5-15-33(3)16-14-32-27(34)13-17-38-25-11-7-21(8-12-25)18-24-19-23(10-9-22(24)6-2)31-30(37)29(36)28(35)26(39-31)20-40-4/h1-2,7-12,19,26,28-31,35-37H,13-18H2,3-4H3,(H,32,34)/t26?,28-,29+,30-,31+/m1/s1. The van der Waals surface area contributed by atoms with Crippen molar-refractivity contribution in [3.8, 4) is 35.6 Å². The Morgan fingerprint density at radius 2 is 1.88 bits per heavy atom. The predicted octanol–water partition coefficient (Wildman–Crippen LogP) is 1.55. The molecule has 40 heavy (non-hydrogen) atoms. The van der Waals surface area contributed by atoms with Crippen molar-refractivity contribution in [3.05, 3.63) is 64.7 Å². The minimum atomic E-state index is -1.38. The molecule has 0 aromatic heterocycles. The number of aliphatic hydroxyl groups excluding tert-OH is 3. The maximum absolute atomic E-state index is 12.0. The molecule has 0 spiro atoms. The predicted molar refractivity (Wildman–Crippen MR) is 156 cm³/mol. The van der Waals surface area contributed by atoms with Gasteiger partial charge in [0.25, 0.3) is 0 Å². The zero-order chi connectivity index (χ0) is 29.1. The highest BCUT2D eigenvalue weighted by Crippen LogP contribution is 2.33. The highest BCUT2D eigenvalue weighted by Gasteiger charge is 2.43. The highest BCUT2D eigenvalue weighted by molar-refractivity contribution is 7.87. The summed E-state index contributed by atoms with van der Waals surface area (Å²) in [6.45, 7) is 1.99. The Bertz CT molecular complexity index is 1290. The summed E-state index contributed by atoms with van der Waals surface area (Å²) >= 11 is 1.24. The third-order valence-corrected chi connectivity index (χ3v) is 7.02. The molecule has 2 aromatic rings. The Labute approximate surface area is 239 Å². The smallest absolute Gasteiger partial charge is 0.223 e. The lowest BCUT2D eigenvalue weighted by Gasteiger charge is -2.39. The average Bonchev–Trinajstić information content (AvgIpc) is 2.94. The molecule has 4 N–H and O–H groups in total. The van der Waals surface area contributed by atoms with Crippen LogP contribution in [0.15, 0.2) is 42.5 Å². The topological polar surface area (TPSA) is 111 Å². The molecule has 0 saturated carbocycles. The second-order valence-electron chi connectivity index (χ2n) is 9.54. The van der Waals surface area contributed by atoms with E-state index in [0.717, 1.165) is 11.1 Å². The number of amides is 1. The van der Waals surface area contributed by atoms with Gasteiger partial charge in [-0.3, -0.25) is 9.69 Å². The van der Waals surface area contributed by atoms with E-state index >= 15 is 0 Å². The first-order valence-corrected chi connectivity index (χ1v) is 14.2. The van der Waals surface area contributed by atoms with Gasteiger partial charge in [0, 0.05) is 24.9 Å². The van der Waals surface area contributed by atoms with Crippen molar-refractivity contribution in [2.24, 2.45) is 0 Å². The number of ether oxygens (including phenoxy) is 2. The number of carbonyl (C=O) groups is 1. The minimum absolute atomic E-state index is 0.0861. The molecule has 0 bridgehead atoms. The number of likely N-dealkylation sites (N-methyl/N-ethyl adjacent to an activating group) is 1. The van der Waals surface area contributed by atoms with Gasteiger partial charge in [-0.25, -0.2) is 0 Å². The van der Waals surface area contributed by atoms with Gasteiger partial charge < -0.3 is 30.1 Å². The van der Waals surface area contributed by atoms with E-state index in [1.54, 1.807) is 18.4 Å². The van der Waals surface area contributed by atoms with Crippen LogP contribution in [0.4, 0.5) is 0 Å². The van der Waals surface area contributed by atoms with Crippen LogP contribution in [0.5, 0.6) is 5.75 Å². The minimum Gasteiger partial charge on any atom is -0.493 e. The average molecular weight is 565 g/mol. The van der Waals surface area contributed by atoms with E-state index in [4.69, 9.17) is 22.3 Å². The molecular weight excluding hydrogens is 528 g/mol. The molecule has 3 rings (SSSR count). The number of rotatable bonds is 11. The number of hydrogen-bond acceptors (Lipinski definition) is 7. The number of carbonyl (C=O) groups excluding carboxylic acids is 1. The van der Waals surface area contributed by atoms with Gasteiger partial charge in [0.05, 0.1) is 19.6 Å². The molecule has 1 aliphatic rings. The summed E-state index contributed by atoms with van der Waals surface area (Å²) in [5.74, 6) is 5.82. The van der Waals surface area contributed by atoms with E-state index in [0.29, 0.717) is 42.9 Å². The second-order valence-corrected chi connectivity index (χ2v) is 10.2. The Morgan fingerprint density at radius 1 is 1.12 bits per heavy atom. The highest BCUT2D eigenvalue weighted by atomic mass is 32.1. The van der Waals surface area contributed by atoms with Gasteiger partial charge in [0.2, 0.25) is 5.91 Å². The van der Waals surface area contributed by atoms with E-state index in [9.17, 15) is 20.1 Å². The fourth-order valence-corrected chi connectivity index (χ4v) is 4.77. The fourth-order valence-electron chi connectivity index (χ4n) is 4.34. The first-order chi connectivity index (χ1) is 19.3. The summed E-state index contributed by atoms with van der Waals surface area (Å²) in [7, 11) is 1.90.